The maximum atomic E-state index is 13.1. The number of benzene rings is 2. The van der Waals surface area contributed by atoms with Gasteiger partial charge in [-0.05, 0) is 42.5 Å². The molecule has 0 aliphatic carbocycles. The van der Waals surface area contributed by atoms with Crippen molar-refractivity contribution in [2.75, 3.05) is 21.3 Å². The first kappa shape index (κ1) is 19.4. The number of halogens is 1. The minimum absolute atomic E-state index is 0.308. The van der Waals surface area contributed by atoms with Gasteiger partial charge >= 0.3 is 0 Å². The van der Waals surface area contributed by atoms with Gasteiger partial charge in [-0.25, -0.2) is 9.37 Å². The molecule has 0 radical (unpaired) electrons. The summed E-state index contributed by atoms with van der Waals surface area (Å²) in [5.74, 6) is 1.13. The van der Waals surface area contributed by atoms with Crippen LogP contribution in [-0.2, 0) is 0 Å². The Morgan fingerprint density at radius 3 is 2.36 bits per heavy atom. The molecule has 0 atom stereocenters. The normalized spacial score (nSPS) is 11.0. The van der Waals surface area contributed by atoms with E-state index < -0.39 is 0 Å². The number of ether oxygens (including phenoxy) is 3. The van der Waals surface area contributed by atoms with Gasteiger partial charge in [0.15, 0.2) is 11.5 Å². The zero-order valence-corrected chi connectivity index (χ0v) is 16.3. The highest BCUT2D eigenvalue weighted by Gasteiger charge is 2.16. The standard InChI is InChI=1S/C21H17FN2O3S/c1-25-18-9-6-14(19(26-2)20(18)27-3)10-15(11-23)21-24-17(12-28-21)13-4-7-16(22)8-5-13/h4-10,12H,1-3H3. The number of rotatable bonds is 6. The third-order valence-corrected chi connectivity index (χ3v) is 4.91. The van der Waals surface area contributed by atoms with Crippen molar-refractivity contribution in [2.24, 2.45) is 0 Å². The van der Waals surface area contributed by atoms with E-state index in [1.807, 2.05) is 5.38 Å². The van der Waals surface area contributed by atoms with Crippen LogP contribution in [0.25, 0.3) is 22.9 Å². The predicted octanol–water partition coefficient (Wildman–Crippen LogP) is 5.04. The van der Waals surface area contributed by atoms with Crippen LogP contribution < -0.4 is 14.2 Å². The lowest BCUT2D eigenvalue weighted by Crippen LogP contribution is -1.97. The van der Waals surface area contributed by atoms with Gasteiger partial charge in [-0.15, -0.1) is 11.3 Å². The summed E-state index contributed by atoms with van der Waals surface area (Å²) in [6.07, 6.45) is 1.69. The first-order chi connectivity index (χ1) is 13.6. The molecule has 0 spiro atoms. The summed E-state index contributed by atoms with van der Waals surface area (Å²) in [6, 6.07) is 11.8. The number of aromatic nitrogens is 1. The molecule has 0 aliphatic rings. The second-order valence-corrected chi connectivity index (χ2v) is 6.50. The number of methoxy groups -OCH3 is 3. The number of nitrogens with zero attached hydrogens (tertiary/aromatic N) is 2. The van der Waals surface area contributed by atoms with Crippen LogP contribution in [0.15, 0.2) is 41.8 Å². The van der Waals surface area contributed by atoms with Crippen molar-refractivity contribution >= 4 is 23.0 Å². The third kappa shape index (κ3) is 3.82. The largest absolute Gasteiger partial charge is 0.493 e. The van der Waals surface area contributed by atoms with Crippen molar-refractivity contribution < 1.29 is 18.6 Å². The second kappa shape index (κ2) is 8.55. The fourth-order valence-electron chi connectivity index (χ4n) is 2.69. The summed E-state index contributed by atoms with van der Waals surface area (Å²) < 4.78 is 29.3. The Balaban J connectivity index is 2.02. The fourth-order valence-corrected chi connectivity index (χ4v) is 3.48. The van der Waals surface area contributed by atoms with E-state index >= 15 is 0 Å². The molecule has 5 nitrogen and oxygen atoms in total. The van der Waals surface area contributed by atoms with Crippen molar-refractivity contribution in [3.8, 4) is 34.6 Å². The van der Waals surface area contributed by atoms with Crippen LogP contribution in [-0.4, -0.2) is 26.3 Å². The lowest BCUT2D eigenvalue weighted by molar-refractivity contribution is 0.324. The van der Waals surface area contributed by atoms with Gasteiger partial charge in [0.1, 0.15) is 16.9 Å². The molecule has 0 fully saturated rings. The van der Waals surface area contributed by atoms with Gasteiger partial charge in [-0.3, -0.25) is 0 Å². The smallest absolute Gasteiger partial charge is 0.203 e. The van der Waals surface area contributed by atoms with Gasteiger partial charge in [-0.1, -0.05) is 0 Å². The van der Waals surface area contributed by atoms with Gasteiger partial charge in [0, 0.05) is 16.5 Å². The highest BCUT2D eigenvalue weighted by molar-refractivity contribution is 7.11. The van der Waals surface area contributed by atoms with Crippen molar-refractivity contribution in [1.82, 2.24) is 4.98 Å². The molecule has 3 rings (SSSR count). The lowest BCUT2D eigenvalue weighted by Gasteiger charge is -2.14. The molecule has 0 N–H and O–H groups in total. The van der Waals surface area contributed by atoms with E-state index in [2.05, 4.69) is 11.1 Å². The summed E-state index contributed by atoms with van der Waals surface area (Å²) in [7, 11) is 4.59. The molecule has 0 saturated heterocycles. The highest BCUT2D eigenvalue weighted by atomic mass is 32.1. The zero-order valence-electron chi connectivity index (χ0n) is 15.5. The molecule has 2 aromatic carbocycles. The van der Waals surface area contributed by atoms with E-state index in [0.717, 1.165) is 5.56 Å². The number of thiazole rings is 1. The molecule has 28 heavy (non-hydrogen) atoms. The number of allylic oxidation sites excluding steroid dienone is 1. The van der Waals surface area contributed by atoms with E-state index in [-0.39, 0.29) is 5.82 Å². The SMILES string of the molecule is COc1ccc(C=C(C#N)c2nc(-c3ccc(F)cc3)cs2)c(OC)c1OC. The topological polar surface area (TPSA) is 64.4 Å². The van der Waals surface area contributed by atoms with Crippen molar-refractivity contribution in [2.45, 2.75) is 0 Å². The number of hydrogen-bond donors (Lipinski definition) is 0. The van der Waals surface area contributed by atoms with Crippen LogP contribution in [0.3, 0.4) is 0 Å². The molecule has 0 unspecified atom stereocenters. The molecule has 1 heterocycles. The maximum absolute atomic E-state index is 13.1. The molecule has 142 valence electrons. The Bertz CT molecular complexity index is 1050. The molecule has 7 heteroatoms. The van der Waals surface area contributed by atoms with Crippen molar-refractivity contribution in [3.63, 3.8) is 0 Å². The Kier molecular flexibility index (Phi) is 5.92. The molecule has 0 aliphatic heterocycles. The van der Waals surface area contributed by atoms with E-state index in [4.69, 9.17) is 14.2 Å². The van der Waals surface area contributed by atoms with E-state index in [0.29, 0.717) is 39.1 Å². The summed E-state index contributed by atoms with van der Waals surface area (Å²) in [5.41, 5.74) is 2.50. The van der Waals surface area contributed by atoms with E-state index in [1.165, 1.54) is 37.7 Å². The van der Waals surface area contributed by atoms with Gasteiger partial charge in [0.25, 0.3) is 0 Å². The average Bonchev–Trinajstić information content (AvgIpc) is 3.21. The van der Waals surface area contributed by atoms with Crippen LogP contribution >= 0.6 is 11.3 Å². The van der Waals surface area contributed by atoms with Crippen LogP contribution in [0, 0.1) is 17.1 Å². The Morgan fingerprint density at radius 1 is 1.04 bits per heavy atom. The van der Waals surface area contributed by atoms with Crippen molar-refractivity contribution in [3.05, 3.63) is 58.2 Å². The van der Waals surface area contributed by atoms with Crippen LogP contribution in [0.4, 0.5) is 4.39 Å². The quantitative estimate of drug-likeness (QED) is 0.546. The number of hydrogen-bond acceptors (Lipinski definition) is 6. The summed E-state index contributed by atoms with van der Waals surface area (Å²) >= 11 is 1.34. The van der Waals surface area contributed by atoms with E-state index in [1.54, 1.807) is 37.5 Å². The van der Waals surface area contributed by atoms with Crippen molar-refractivity contribution in [1.29, 1.82) is 5.26 Å². The van der Waals surface area contributed by atoms with Gasteiger partial charge in [0.05, 0.1) is 32.6 Å². The molecule has 0 saturated carbocycles. The maximum Gasteiger partial charge on any atom is 0.203 e. The lowest BCUT2D eigenvalue weighted by atomic mass is 10.1. The molecule has 0 bridgehead atoms. The summed E-state index contributed by atoms with van der Waals surface area (Å²) in [5, 5.41) is 12.0. The minimum Gasteiger partial charge on any atom is -0.493 e. The first-order valence-electron chi connectivity index (χ1n) is 8.23. The average molecular weight is 396 g/mol. The predicted molar refractivity (Wildman–Crippen MR) is 107 cm³/mol. The molecule has 3 aromatic rings. The van der Waals surface area contributed by atoms with Crippen LogP contribution in [0.5, 0.6) is 17.2 Å². The monoisotopic (exact) mass is 396 g/mol. The third-order valence-electron chi connectivity index (χ3n) is 4.03. The molecule has 1 aromatic heterocycles. The van der Waals surface area contributed by atoms with E-state index in [9.17, 15) is 9.65 Å². The summed E-state index contributed by atoms with van der Waals surface area (Å²) in [4.78, 5) is 4.52. The minimum atomic E-state index is -0.308. The van der Waals surface area contributed by atoms with Gasteiger partial charge in [0.2, 0.25) is 5.75 Å². The first-order valence-corrected chi connectivity index (χ1v) is 9.11. The van der Waals surface area contributed by atoms with Gasteiger partial charge < -0.3 is 14.2 Å². The van der Waals surface area contributed by atoms with Crippen LogP contribution in [0.2, 0.25) is 0 Å². The van der Waals surface area contributed by atoms with Crippen LogP contribution in [0.1, 0.15) is 10.6 Å². The summed E-state index contributed by atoms with van der Waals surface area (Å²) in [6.45, 7) is 0. The Labute approximate surface area is 166 Å². The molecule has 0 amide bonds. The zero-order chi connectivity index (χ0) is 20.1. The molecular formula is C21H17FN2O3S. The Morgan fingerprint density at radius 2 is 1.75 bits per heavy atom. The van der Waals surface area contributed by atoms with Gasteiger partial charge in [-0.2, -0.15) is 5.26 Å². The fraction of sp³-hybridized carbons (Fsp3) is 0.143. The molecular weight excluding hydrogens is 379 g/mol. The Hall–Kier alpha value is -3.37. The second-order valence-electron chi connectivity index (χ2n) is 5.64. The highest BCUT2D eigenvalue weighted by Crippen LogP contribution is 2.41. The number of nitriles is 1.